The largest absolute Gasteiger partial charge is 0.368 e. The SMILES string of the molecule is CN=C(NCC1CCN(CCc2ccccc2)C1)N1CCN(c2ccccc2)CC1. The second-order valence-electron chi connectivity index (χ2n) is 8.43. The Kier molecular flexibility index (Phi) is 7.25. The summed E-state index contributed by atoms with van der Waals surface area (Å²) in [5, 5.41) is 3.66. The first-order chi connectivity index (χ1) is 14.8. The van der Waals surface area contributed by atoms with Gasteiger partial charge in [0.05, 0.1) is 0 Å². The molecule has 0 amide bonds. The molecule has 0 radical (unpaired) electrons. The summed E-state index contributed by atoms with van der Waals surface area (Å²) in [6.07, 6.45) is 2.43. The summed E-state index contributed by atoms with van der Waals surface area (Å²) in [5.41, 5.74) is 2.76. The van der Waals surface area contributed by atoms with Crippen LogP contribution in [0, 0.1) is 5.92 Å². The van der Waals surface area contributed by atoms with Crippen LogP contribution >= 0.6 is 0 Å². The zero-order valence-electron chi connectivity index (χ0n) is 18.2. The monoisotopic (exact) mass is 405 g/mol. The Bertz CT molecular complexity index is 784. The Morgan fingerprint density at radius 2 is 1.63 bits per heavy atom. The van der Waals surface area contributed by atoms with Crippen LogP contribution in [0.25, 0.3) is 0 Å². The quantitative estimate of drug-likeness (QED) is 0.592. The number of piperazine rings is 1. The summed E-state index contributed by atoms with van der Waals surface area (Å²) in [7, 11) is 1.91. The molecule has 1 atom stereocenters. The summed E-state index contributed by atoms with van der Waals surface area (Å²) >= 11 is 0. The van der Waals surface area contributed by atoms with Gasteiger partial charge in [0.1, 0.15) is 0 Å². The molecule has 0 saturated carbocycles. The lowest BCUT2D eigenvalue weighted by Gasteiger charge is -2.38. The minimum Gasteiger partial charge on any atom is -0.368 e. The average Bonchev–Trinajstić information content (AvgIpc) is 3.28. The molecule has 0 bridgehead atoms. The van der Waals surface area contributed by atoms with Crippen molar-refractivity contribution in [3.63, 3.8) is 0 Å². The van der Waals surface area contributed by atoms with Gasteiger partial charge in [-0.2, -0.15) is 0 Å². The fourth-order valence-electron chi connectivity index (χ4n) is 4.60. The van der Waals surface area contributed by atoms with Gasteiger partial charge in [-0.15, -0.1) is 0 Å². The van der Waals surface area contributed by atoms with E-state index in [1.807, 2.05) is 7.05 Å². The number of anilines is 1. The Balaban J connectivity index is 1.18. The summed E-state index contributed by atoms with van der Waals surface area (Å²) < 4.78 is 0. The molecule has 4 rings (SSSR count). The molecule has 0 aliphatic carbocycles. The van der Waals surface area contributed by atoms with Crippen molar-refractivity contribution in [2.24, 2.45) is 10.9 Å². The third-order valence-corrected chi connectivity index (χ3v) is 6.39. The molecule has 5 nitrogen and oxygen atoms in total. The maximum Gasteiger partial charge on any atom is 0.193 e. The summed E-state index contributed by atoms with van der Waals surface area (Å²) in [6, 6.07) is 21.5. The number of aliphatic imine (C=N–C) groups is 1. The van der Waals surface area contributed by atoms with Gasteiger partial charge in [0.15, 0.2) is 5.96 Å². The first-order valence-corrected chi connectivity index (χ1v) is 11.3. The molecule has 2 saturated heterocycles. The molecule has 0 aromatic heterocycles. The van der Waals surface area contributed by atoms with Gasteiger partial charge >= 0.3 is 0 Å². The summed E-state index contributed by atoms with van der Waals surface area (Å²) in [4.78, 5) is 12.0. The predicted octanol–water partition coefficient (Wildman–Crippen LogP) is 2.95. The first-order valence-electron chi connectivity index (χ1n) is 11.3. The van der Waals surface area contributed by atoms with Gasteiger partial charge in [0, 0.05) is 58.5 Å². The van der Waals surface area contributed by atoms with Crippen molar-refractivity contribution in [3.8, 4) is 0 Å². The highest BCUT2D eigenvalue weighted by Gasteiger charge is 2.24. The van der Waals surface area contributed by atoms with E-state index >= 15 is 0 Å². The van der Waals surface area contributed by atoms with Crippen LogP contribution in [-0.2, 0) is 6.42 Å². The van der Waals surface area contributed by atoms with Crippen molar-refractivity contribution < 1.29 is 0 Å². The Labute approximate surface area is 181 Å². The minimum atomic E-state index is 0.711. The number of likely N-dealkylation sites (tertiary alicyclic amines) is 1. The fraction of sp³-hybridized carbons (Fsp3) is 0.480. The zero-order valence-corrected chi connectivity index (χ0v) is 18.2. The Morgan fingerprint density at radius 1 is 0.933 bits per heavy atom. The van der Waals surface area contributed by atoms with E-state index in [9.17, 15) is 0 Å². The highest BCUT2D eigenvalue weighted by Crippen LogP contribution is 2.17. The highest BCUT2D eigenvalue weighted by atomic mass is 15.3. The molecule has 1 unspecified atom stereocenters. The van der Waals surface area contributed by atoms with Gasteiger partial charge in [0.2, 0.25) is 0 Å². The van der Waals surface area contributed by atoms with Crippen molar-refractivity contribution in [3.05, 3.63) is 66.2 Å². The van der Waals surface area contributed by atoms with Gasteiger partial charge in [-0.25, -0.2) is 0 Å². The summed E-state index contributed by atoms with van der Waals surface area (Å²) in [5.74, 6) is 1.77. The lowest BCUT2D eigenvalue weighted by atomic mass is 10.1. The maximum absolute atomic E-state index is 4.56. The normalized spacial score (nSPS) is 20.6. The molecule has 30 heavy (non-hydrogen) atoms. The highest BCUT2D eigenvalue weighted by molar-refractivity contribution is 5.80. The molecule has 2 aromatic rings. The number of nitrogens with zero attached hydrogens (tertiary/aromatic N) is 4. The standard InChI is InChI=1S/C25H35N5/c1-26-25(30-18-16-29(17-19-30)24-10-6-3-7-11-24)27-20-23-13-15-28(21-23)14-12-22-8-4-2-5-9-22/h2-11,23H,12-21H2,1H3,(H,26,27). The van der Waals surface area contributed by atoms with Crippen molar-refractivity contribution in [2.45, 2.75) is 12.8 Å². The van der Waals surface area contributed by atoms with Crippen LogP contribution in [-0.4, -0.2) is 75.2 Å². The lowest BCUT2D eigenvalue weighted by Crippen LogP contribution is -2.53. The molecule has 2 aliphatic rings. The molecule has 2 heterocycles. The number of benzene rings is 2. The number of guanidine groups is 1. The van der Waals surface area contributed by atoms with Crippen molar-refractivity contribution in [1.29, 1.82) is 0 Å². The third-order valence-electron chi connectivity index (χ3n) is 6.39. The molecule has 2 fully saturated rings. The molecular weight excluding hydrogens is 370 g/mol. The fourth-order valence-corrected chi connectivity index (χ4v) is 4.60. The smallest absolute Gasteiger partial charge is 0.193 e. The Hall–Kier alpha value is -2.53. The molecule has 160 valence electrons. The van der Waals surface area contributed by atoms with Crippen LogP contribution in [0.1, 0.15) is 12.0 Å². The van der Waals surface area contributed by atoms with E-state index < -0.39 is 0 Å². The van der Waals surface area contributed by atoms with Crippen molar-refractivity contribution in [2.75, 3.05) is 64.3 Å². The topological polar surface area (TPSA) is 34.1 Å². The van der Waals surface area contributed by atoms with Crippen LogP contribution in [0.3, 0.4) is 0 Å². The second kappa shape index (κ2) is 10.5. The minimum absolute atomic E-state index is 0.711. The number of hydrogen-bond donors (Lipinski definition) is 1. The van der Waals surface area contributed by atoms with Crippen molar-refractivity contribution >= 4 is 11.6 Å². The van der Waals surface area contributed by atoms with Crippen molar-refractivity contribution in [1.82, 2.24) is 15.1 Å². The Morgan fingerprint density at radius 3 is 2.33 bits per heavy atom. The average molecular weight is 406 g/mol. The van der Waals surface area contributed by atoms with Gasteiger partial charge in [0.25, 0.3) is 0 Å². The zero-order chi connectivity index (χ0) is 20.6. The predicted molar refractivity (Wildman–Crippen MR) is 126 cm³/mol. The number of para-hydroxylation sites is 1. The van der Waals surface area contributed by atoms with E-state index in [0.29, 0.717) is 5.92 Å². The summed E-state index contributed by atoms with van der Waals surface area (Å²) in [6.45, 7) is 8.71. The molecule has 0 spiro atoms. The third kappa shape index (κ3) is 5.54. The van der Waals surface area contributed by atoms with Gasteiger partial charge in [-0.3, -0.25) is 4.99 Å². The second-order valence-corrected chi connectivity index (χ2v) is 8.43. The van der Waals surface area contributed by atoms with Gasteiger partial charge in [-0.1, -0.05) is 48.5 Å². The maximum atomic E-state index is 4.56. The van der Waals surface area contributed by atoms with E-state index in [1.165, 1.54) is 30.8 Å². The first kappa shape index (κ1) is 20.7. The van der Waals surface area contributed by atoms with Gasteiger partial charge in [-0.05, 0) is 43.0 Å². The van der Waals surface area contributed by atoms with E-state index in [1.54, 1.807) is 0 Å². The van der Waals surface area contributed by atoms with E-state index in [-0.39, 0.29) is 0 Å². The number of nitrogens with one attached hydrogen (secondary N) is 1. The van der Waals surface area contributed by atoms with Crippen LogP contribution in [0.4, 0.5) is 5.69 Å². The lowest BCUT2D eigenvalue weighted by molar-refractivity contribution is 0.325. The molecular formula is C25H35N5. The van der Waals surface area contributed by atoms with Gasteiger partial charge < -0.3 is 20.0 Å². The number of rotatable bonds is 6. The van der Waals surface area contributed by atoms with Crippen LogP contribution < -0.4 is 10.2 Å². The van der Waals surface area contributed by atoms with E-state index in [4.69, 9.17) is 0 Å². The molecule has 1 N–H and O–H groups in total. The van der Waals surface area contributed by atoms with Crippen LogP contribution in [0.5, 0.6) is 0 Å². The van der Waals surface area contributed by atoms with E-state index in [2.05, 4.69) is 85.7 Å². The van der Waals surface area contributed by atoms with E-state index in [0.717, 1.165) is 51.6 Å². The molecule has 2 aromatic carbocycles. The molecule has 5 heteroatoms. The molecule has 2 aliphatic heterocycles. The number of hydrogen-bond acceptors (Lipinski definition) is 3. The van der Waals surface area contributed by atoms with Crippen LogP contribution in [0.2, 0.25) is 0 Å². The van der Waals surface area contributed by atoms with Crippen LogP contribution in [0.15, 0.2) is 65.7 Å².